The molecule has 1 heterocycles. The number of para-hydroxylation sites is 2. The second-order valence-corrected chi connectivity index (χ2v) is 5.00. The Morgan fingerprint density at radius 3 is 2.52 bits per heavy atom. The lowest BCUT2D eigenvalue weighted by atomic mass is 10.2. The van der Waals surface area contributed by atoms with E-state index in [0.29, 0.717) is 5.95 Å². The van der Waals surface area contributed by atoms with Crippen LogP contribution in [0.4, 0.5) is 23.3 Å². The van der Waals surface area contributed by atoms with E-state index in [0.717, 1.165) is 11.4 Å². The molecule has 21 heavy (non-hydrogen) atoms. The first-order valence-electron chi connectivity index (χ1n) is 6.67. The number of benzene rings is 1. The second-order valence-electron chi connectivity index (χ2n) is 5.00. The van der Waals surface area contributed by atoms with Crippen LogP contribution < -0.4 is 20.7 Å². The first kappa shape index (κ1) is 14.8. The number of aromatic nitrogens is 3. The summed E-state index contributed by atoms with van der Waals surface area (Å²) in [6.45, 7) is 3.79. The van der Waals surface area contributed by atoms with Gasteiger partial charge in [-0.1, -0.05) is 12.1 Å². The molecule has 0 bridgehead atoms. The molecule has 0 radical (unpaired) electrons. The highest BCUT2D eigenvalue weighted by atomic mass is 16.5. The van der Waals surface area contributed by atoms with Crippen molar-refractivity contribution in [2.45, 2.75) is 20.0 Å². The summed E-state index contributed by atoms with van der Waals surface area (Å²) >= 11 is 0. The van der Waals surface area contributed by atoms with Gasteiger partial charge in [0, 0.05) is 14.1 Å². The van der Waals surface area contributed by atoms with Crippen LogP contribution in [0.2, 0.25) is 0 Å². The molecule has 3 N–H and O–H groups in total. The fourth-order valence-electron chi connectivity index (χ4n) is 1.78. The molecule has 2 aromatic rings. The van der Waals surface area contributed by atoms with Gasteiger partial charge in [0.15, 0.2) is 0 Å². The fraction of sp³-hybridized carbons (Fsp3) is 0.357. The van der Waals surface area contributed by atoms with Gasteiger partial charge in [-0.3, -0.25) is 0 Å². The van der Waals surface area contributed by atoms with Crippen LogP contribution in [0.5, 0.6) is 6.01 Å². The lowest BCUT2D eigenvalue weighted by molar-refractivity contribution is 0.222. The van der Waals surface area contributed by atoms with Crippen molar-refractivity contribution in [2.24, 2.45) is 0 Å². The average molecular weight is 288 g/mol. The second kappa shape index (κ2) is 6.25. The third-order valence-corrected chi connectivity index (χ3v) is 2.61. The number of hydrogen-bond donors (Lipinski definition) is 2. The number of rotatable bonds is 5. The summed E-state index contributed by atoms with van der Waals surface area (Å²) in [6.07, 6.45) is -0.0336. The highest BCUT2D eigenvalue weighted by Gasteiger charge is 2.10. The Morgan fingerprint density at radius 1 is 1.14 bits per heavy atom. The first-order valence-corrected chi connectivity index (χ1v) is 6.67. The summed E-state index contributed by atoms with van der Waals surface area (Å²) in [4.78, 5) is 14.3. The molecule has 0 aliphatic heterocycles. The smallest absolute Gasteiger partial charge is 0.323 e. The van der Waals surface area contributed by atoms with Crippen LogP contribution >= 0.6 is 0 Å². The number of nitrogens with two attached hydrogens (primary N) is 1. The minimum absolute atomic E-state index is 0.0336. The number of anilines is 4. The lowest BCUT2D eigenvalue weighted by Gasteiger charge is -2.18. The monoisotopic (exact) mass is 288 g/mol. The normalized spacial score (nSPS) is 10.5. The van der Waals surface area contributed by atoms with E-state index in [1.165, 1.54) is 0 Å². The maximum Gasteiger partial charge on any atom is 0.323 e. The van der Waals surface area contributed by atoms with Crippen LogP contribution in [-0.4, -0.2) is 35.2 Å². The molecule has 7 nitrogen and oxygen atoms in total. The number of nitrogens with zero attached hydrogens (tertiary/aromatic N) is 4. The van der Waals surface area contributed by atoms with E-state index in [-0.39, 0.29) is 18.1 Å². The van der Waals surface area contributed by atoms with Gasteiger partial charge < -0.3 is 20.7 Å². The Labute approximate surface area is 124 Å². The van der Waals surface area contributed by atoms with E-state index in [4.69, 9.17) is 10.5 Å². The van der Waals surface area contributed by atoms with E-state index in [1.807, 2.05) is 57.1 Å². The number of hydrogen-bond acceptors (Lipinski definition) is 7. The SMILES string of the molecule is CC(C)Oc1nc(N)nc(Nc2ccccc2N(C)C)n1. The molecular weight excluding hydrogens is 268 g/mol. The molecule has 0 aliphatic carbocycles. The van der Waals surface area contributed by atoms with E-state index < -0.39 is 0 Å². The van der Waals surface area contributed by atoms with E-state index in [1.54, 1.807) is 0 Å². The van der Waals surface area contributed by atoms with Crippen LogP contribution in [0.3, 0.4) is 0 Å². The molecule has 0 saturated carbocycles. The number of nitrogens with one attached hydrogen (secondary N) is 1. The third-order valence-electron chi connectivity index (χ3n) is 2.61. The van der Waals surface area contributed by atoms with Gasteiger partial charge in [-0.25, -0.2) is 0 Å². The Balaban J connectivity index is 2.29. The van der Waals surface area contributed by atoms with Crippen molar-refractivity contribution >= 4 is 23.3 Å². The summed E-state index contributed by atoms with van der Waals surface area (Å²) in [5.74, 6) is 0.470. The zero-order valence-corrected chi connectivity index (χ0v) is 12.7. The van der Waals surface area contributed by atoms with E-state index in [2.05, 4.69) is 20.3 Å². The number of nitrogen functional groups attached to an aromatic ring is 1. The molecule has 0 aliphatic rings. The van der Waals surface area contributed by atoms with Crippen LogP contribution in [0, 0.1) is 0 Å². The van der Waals surface area contributed by atoms with Crippen LogP contribution in [0.15, 0.2) is 24.3 Å². The standard InChI is InChI=1S/C14H20N6O/c1-9(2)21-14-18-12(15)17-13(19-14)16-10-7-5-6-8-11(10)20(3)4/h5-9H,1-4H3,(H3,15,16,17,18,19). The Morgan fingerprint density at radius 2 is 1.86 bits per heavy atom. The fourth-order valence-corrected chi connectivity index (χ4v) is 1.78. The molecule has 1 aromatic heterocycles. The van der Waals surface area contributed by atoms with Crippen molar-refractivity contribution in [3.8, 4) is 6.01 Å². The molecule has 1 aromatic carbocycles. The largest absolute Gasteiger partial charge is 0.461 e. The summed E-state index contributed by atoms with van der Waals surface area (Å²) in [7, 11) is 3.94. The molecule has 0 spiro atoms. The molecule has 0 atom stereocenters. The average Bonchev–Trinajstić information content (AvgIpc) is 2.37. The lowest BCUT2D eigenvalue weighted by Crippen LogP contribution is -2.13. The minimum atomic E-state index is -0.0336. The molecule has 112 valence electrons. The van der Waals surface area contributed by atoms with Crippen molar-refractivity contribution in [3.05, 3.63) is 24.3 Å². The molecule has 0 fully saturated rings. The predicted molar refractivity (Wildman–Crippen MR) is 84.1 cm³/mol. The van der Waals surface area contributed by atoms with E-state index in [9.17, 15) is 0 Å². The zero-order chi connectivity index (χ0) is 15.4. The van der Waals surface area contributed by atoms with Gasteiger partial charge in [-0.15, -0.1) is 0 Å². The van der Waals surface area contributed by atoms with Gasteiger partial charge in [-0.2, -0.15) is 15.0 Å². The maximum absolute atomic E-state index is 5.69. The van der Waals surface area contributed by atoms with Gasteiger partial charge in [0.05, 0.1) is 17.5 Å². The van der Waals surface area contributed by atoms with Crippen molar-refractivity contribution in [1.29, 1.82) is 0 Å². The van der Waals surface area contributed by atoms with Gasteiger partial charge in [0.25, 0.3) is 0 Å². The Hall–Kier alpha value is -2.57. The Bertz CT molecular complexity index is 614. The Kier molecular flexibility index (Phi) is 4.42. The highest BCUT2D eigenvalue weighted by Crippen LogP contribution is 2.26. The quantitative estimate of drug-likeness (QED) is 0.870. The van der Waals surface area contributed by atoms with Crippen LogP contribution in [0.1, 0.15) is 13.8 Å². The third kappa shape index (κ3) is 3.95. The maximum atomic E-state index is 5.69. The van der Waals surface area contributed by atoms with Crippen molar-refractivity contribution in [1.82, 2.24) is 15.0 Å². The molecule has 7 heteroatoms. The van der Waals surface area contributed by atoms with Gasteiger partial charge in [0.2, 0.25) is 11.9 Å². The summed E-state index contributed by atoms with van der Waals surface area (Å²) in [6, 6.07) is 8.06. The van der Waals surface area contributed by atoms with Gasteiger partial charge in [-0.05, 0) is 26.0 Å². The van der Waals surface area contributed by atoms with Crippen LogP contribution in [0.25, 0.3) is 0 Å². The number of ether oxygens (including phenoxy) is 1. The molecule has 0 saturated heterocycles. The van der Waals surface area contributed by atoms with E-state index >= 15 is 0 Å². The molecular formula is C14H20N6O. The van der Waals surface area contributed by atoms with Crippen molar-refractivity contribution in [2.75, 3.05) is 30.0 Å². The van der Waals surface area contributed by atoms with Crippen molar-refractivity contribution in [3.63, 3.8) is 0 Å². The molecule has 0 amide bonds. The van der Waals surface area contributed by atoms with Crippen LogP contribution in [-0.2, 0) is 0 Å². The minimum Gasteiger partial charge on any atom is -0.461 e. The highest BCUT2D eigenvalue weighted by molar-refractivity contribution is 5.73. The van der Waals surface area contributed by atoms with Gasteiger partial charge in [0.1, 0.15) is 0 Å². The van der Waals surface area contributed by atoms with Gasteiger partial charge >= 0.3 is 6.01 Å². The molecule has 0 unspecified atom stereocenters. The predicted octanol–water partition coefficient (Wildman–Crippen LogP) is 2.05. The summed E-state index contributed by atoms with van der Waals surface area (Å²) in [5, 5.41) is 3.14. The molecule has 2 rings (SSSR count). The first-order chi connectivity index (χ1) is 9.95. The van der Waals surface area contributed by atoms with Crippen molar-refractivity contribution < 1.29 is 4.74 Å². The zero-order valence-electron chi connectivity index (χ0n) is 12.7. The summed E-state index contributed by atoms with van der Waals surface area (Å²) in [5.41, 5.74) is 7.59. The topological polar surface area (TPSA) is 89.2 Å². The summed E-state index contributed by atoms with van der Waals surface area (Å²) < 4.78 is 5.46.